The van der Waals surface area contributed by atoms with E-state index in [0.29, 0.717) is 24.0 Å². The number of hydrogen-bond donors (Lipinski definition) is 2. The van der Waals surface area contributed by atoms with Gasteiger partial charge >= 0.3 is 0 Å². The monoisotopic (exact) mass is 247 g/mol. The molecule has 0 radical (unpaired) electrons. The molecule has 2 aliphatic heterocycles. The van der Waals surface area contributed by atoms with Gasteiger partial charge in [-0.05, 0) is 24.6 Å². The van der Waals surface area contributed by atoms with Crippen molar-refractivity contribution in [1.82, 2.24) is 10.6 Å². The molecule has 0 saturated carbocycles. The van der Waals surface area contributed by atoms with Crippen LogP contribution in [0.25, 0.3) is 0 Å². The molecule has 2 N–H and O–H groups in total. The molecule has 1 saturated heterocycles. The van der Waals surface area contributed by atoms with Crippen LogP contribution in [-0.2, 0) is 4.79 Å². The van der Waals surface area contributed by atoms with E-state index in [1.807, 2.05) is 25.1 Å². The lowest BCUT2D eigenvalue weighted by Crippen LogP contribution is -2.25. The van der Waals surface area contributed by atoms with Crippen molar-refractivity contribution in [3.05, 3.63) is 23.8 Å². The number of amides is 1. The highest BCUT2D eigenvalue weighted by Gasteiger charge is 2.30. The van der Waals surface area contributed by atoms with Crippen molar-refractivity contribution in [2.24, 2.45) is 4.99 Å². The molecule has 6 nitrogen and oxygen atoms in total. The summed E-state index contributed by atoms with van der Waals surface area (Å²) >= 11 is 0. The third kappa shape index (κ3) is 1.75. The van der Waals surface area contributed by atoms with E-state index in [-0.39, 0.29) is 12.7 Å². The molecule has 1 aromatic carbocycles. The lowest BCUT2D eigenvalue weighted by Gasteiger charge is -2.08. The van der Waals surface area contributed by atoms with Crippen molar-refractivity contribution < 1.29 is 14.3 Å². The fraction of sp³-hybridized carbons (Fsp3) is 0.333. The second-order valence-electron chi connectivity index (χ2n) is 4.00. The van der Waals surface area contributed by atoms with Gasteiger partial charge < -0.3 is 14.8 Å². The van der Waals surface area contributed by atoms with Crippen molar-refractivity contribution in [2.45, 2.75) is 13.0 Å². The number of ether oxygens (including phenoxy) is 2. The van der Waals surface area contributed by atoms with Crippen LogP contribution < -0.4 is 20.1 Å². The quantitative estimate of drug-likeness (QED) is 0.800. The largest absolute Gasteiger partial charge is 0.454 e. The average molecular weight is 247 g/mol. The van der Waals surface area contributed by atoms with E-state index in [0.717, 1.165) is 5.56 Å². The normalized spacial score (nSPS) is 23.1. The molecule has 2 aliphatic rings. The summed E-state index contributed by atoms with van der Waals surface area (Å²) in [5, 5.41) is 5.74. The third-order valence-electron chi connectivity index (χ3n) is 2.83. The van der Waals surface area contributed by atoms with Gasteiger partial charge in [-0.25, -0.2) is 0 Å². The van der Waals surface area contributed by atoms with Crippen molar-refractivity contribution in [3.63, 3.8) is 0 Å². The lowest BCUT2D eigenvalue weighted by molar-refractivity contribution is -0.120. The molecule has 6 heteroatoms. The van der Waals surface area contributed by atoms with Crippen LogP contribution >= 0.6 is 0 Å². The van der Waals surface area contributed by atoms with Crippen LogP contribution in [0.2, 0.25) is 0 Å². The Labute approximate surface area is 104 Å². The highest BCUT2D eigenvalue weighted by atomic mass is 16.7. The molecule has 94 valence electrons. The van der Waals surface area contributed by atoms with E-state index in [1.54, 1.807) is 0 Å². The number of fused-ring (bicyclic) bond motifs is 1. The molecule has 0 spiro atoms. The molecule has 2 heterocycles. The van der Waals surface area contributed by atoms with Crippen LogP contribution in [0.5, 0.6) is 11.5 Å². The SMILES string of the molecule is CCN=C1NC(=O)C(c2ccc3c(c2)OCO3)N1. The molecule has 1 atom stereocenters. The standard InChI is InChI=1S/C12H13N3O3/c1-2-13-12-14-10(11(16)15-12)7-3-4-8-9(5-7)18-6-17-8/h3-5,10H,2,6H2,1H3,(H2,13,14,15,16). The number of rotatable bonds is 2. The van der Waals surface area contributed by atoms with Gasteiger partial charge in [-0.2, -0.15) is 0 Å². The molecule has 1 fully saturated rings. The minimum absolute atomic E-state index is 0.110. The Morgan fingerprint density at radius 3 is 3.06 bits per heavy atom. The maximum absolute atomic E-state index is 11.8. The molecule has 1 amide bonds. The Morgan fingerprint density at radius 1 is 1.39 bits per heavy atom. The predicted octanol–water partition coefficient (Wildman–Crippen LogP) is 0.552. The second kappa shape index (κ2) is 4.21. The summed E-state index contributed by atoms with van der Waals surface area (Å²) in [7, 11) is 0. The zero-order valence-corrected chi connectivity index (χ0v) is 9.90. The maximum atomic E-state index is 11.8. The van der Waals surface area contributed by atoms with Crippen LogP contribution in [-0.4, -0.2) is 25.2 Å². The first-order valence-corrected chi connectivity index (χ1v) is 5.79. The number of carbonyl (C=O) groups is 1. The van der Waals surface area contributed by atoms with Gasteiger partial charge in [-0.15, -0.1) is 0 Å². The fourth-order valence-corrected chi connectivity index (χ4v) is 2.00. The first-order chi connectivity index (χ1) is 8.78. The molecule has 0 bridgehead atoms. The number of carbonyl (C=O) groups excluding carboxylic acids is 1. The van der Waals surface area contributed by atoms with Crippen molar-refractivity contribution in [3.8, 4) is 11.5 Å². The topological polar surface area (TPSA) is 72.0 Å². The average Bonchev–Trinajstić information content (AvgIpc) is 2.95. The highest BCUT2D eigenvalue weighted by molar-refractivity contribution is 6.06. The van der Waals surface area contributed by atoms with Gasteiger partial charge in [0.25, 0.3) is 5.91 Å². The highest BCUT2D eigenvalue weighted by Crippen LogP contribution is 2.34. The van der Waals surface area contributed by atoms with Crippen LogP contribution in [0.15, 0.2) is 23.2 Å². The minimum atomic E-state index is -0.426. The van der Waals surface area contributed by atoms with Gasteiger partial charge in [0.15, 0.2) is 17.5 Å². The Morgan fingerprint density at radius 2 is 2.22 bits per heavy atom. The van der Waals surface area contributed by atoms with Crippen molar-refractivity contribution in [1.29, 1.82) is 0 Å². The summed E-state index contributed by atoms with van der Waals surface area (Å²) in [6.07, 6.45) is 0. The van der Waals surface area contributed by atoms with Gasteiger partial charge in [-0.3, -0.25) is 15.1 Å². The maximum Gasteiger partial charge on any atom is 0.253 e. The van der Waals surface area contributed by atoms with E-state index in [1.165, 1.54) is 0 Å². The molecule has 18 heavy (non-hydrogen) atoms. The van der Waals surface area contributed by atoms with Gasteiger partial charge in [0.2, 0.25) is 6.79 Å². The summed E-state index contributed by atoms with van der Waals surface area (Å²) < 4.78 is 10.5. The minimum Gasteiger partial charge on any atom is -0.454 e. The zero-order valence-electron chi connectivity index (χ0n) is 9.90. The summed E-state index contributed by atoms with van der Waals surface area (Å²) in [5.41, 5.74) is 0.832. The lowest BCUT2D eigenvalue weighted by atomic mass is 10.1. The Balaban J connectivity index is 1.87. The fourth-order valence-electron chi connectivity index (χ4n) is 2.00. The second-order valence-corrected chi connectivity index (χ2v) is 4.00. The molecule has 3 rings (SSSR count). The number of nitrogens with zero attached hydrogens (tertiary/aromatic N) is 1. The first kappa shape index (κ1) is 10.9. The molecule has 1 unspecified atom stereocenters. The van der Waals surface area contributed by atoms with Crippen molar-refractivity contribution >= 4 is 11.9 Å². The van der Waals surface area contributed by atoms with E-state index < -0.39 is 6.04 Å². The van der Waals surface area contributed by atoms with Gasteiger partial charge in [-0.1, -0.05) is 6.07 Å². The van der Waals surface area contributed by atoms with Gasteiger partial charge in [0.1, 0.15) is 6.04 Å². The number of nitrogens with one attached hydrogen (secondary N) is 2. The zero-order chi connectivity index (χ0) is 12.5. The van der Waals surface area contributed by atoms with Gasteiger partial charge in [0, 0.05) is 6.54 Å². The van der Waals surface area contributed by atoms with Gasteiger partial charge in [0.05, 0.1) is 0 Å². The first-order valence-electron chi connectivity index (χ1n) is 5.79. The number of aliphatic imine (C=N–C) groups is 1. The van der Waals surface area contributed by atoms with E-state index >= 15 is 0 Å². The summed E-state index contributed by atoms with van der Waals surface area (Å²) in [6, 6.07) is 5.04. The van der Waals surface area contributed by atoms with Crippen LogP contribution in [0.3, 0.4) is 0 Å². The van der Waals surface area contributed by atoms with Crippen LogP contribution in [0.4, 0.5) is 0 Å². The summed E-state index contributed by atoms with van der Waals surface area (Å²) in [4.78, 5) is 16.0. The third-order valence-corrected chi connectivity index (χ3v) is 2.83. The molecular formula is C12H13N3O3. The van der Waals surface area contributed by atoms with Crippen LogP contribution in [0.1, 0.15) is 18.5 Å². The number of guanidine groups is 1. The molecule has 1 aromatic rings. The van der Waals surface area contributed by atoms with E-state index in [2.05, 4.69) is 15.6 Å². The number of benzene rings is 1. The van der Waals surface area contributed by atoms with Crippen molar-refractivity contribution in [2.75, 3.05) is 13.3 Å². The number of hydrogen-bond acceptors (Lipinski definition) is 4. The molecular weight excluding hydrogens is 234 g/mol. The Hall–Kier alpha value is -2.24. The Kier molecular flexibility index (Phi) is 2.55. The van der Waals surface area contributed by atoms with E-state index in [4.69, 9.17) is 9.47 Å². The molecule has 0 aliphatic carbocycles. The predicted molar refractivity (Wildman–Crippen MR) is 64.6 cm³/mol. The molecule has 0 aromatic heterocycles. The smallest absolute Gasteiger partial charge is 0.253 e. The van der Waals surface area contributed by atoms with E-state index in [9.17, 15) is 4.79 Å². The summed E-state index contributed by atoms with van der Waals surface area (Å²) in [5.74, 6) is 1.79. The summed E-state index contributed by atoms with van der Waals surface area (Å²) in [6.45, 7) is 2.76. The Bertz CT molecular complexity index is 527. The van der Waals surface area contributed by atoms with Crippen LogP contribution in [0, 0.1) is 0 Å².